The number of hydrogen-bond donors (Lipinski definition) is 0. The fourth-order valence-corrected chi connectivity index (χ4v) is 1.19. The SMILES string of the molecule is CCOC(=O)/C(C)=C/C(=O)c1ccccc1. The zero-order valence-electron chi connectivity index (χ0n) is 9.40. The van der Waals surface area contributed by atoms with Gasteiger partial charge in [-0.2, -0.15) is 0 Å². The number of esters is 1. The average molecular weight is 218 g/mol. The van der Waals surface area contributed by atoms with Gasteiger partial charge in [0, 0.05) is 11.1 Å². The predicted octanol–water partition coefficient (Wildman–Crippen LogP) is 2.38. The average Bonchev–Trinajstić information content (AvgIpc) is 2.30. The molecule has 0 saturated heterocycles. The summed E-state index contributed by atoms with van der Waals surface area (Å²) in [5.74, 6) is -0.641. The maximum absolute atomic E-state index is 11.7. The van der Waals surface area contributed by atoms with Gasteiger partial charge >= 0.3 is 5.97 Å². The molecule has 0 bridgehead atoms. The molecule has 3 heteroatoms. The molecule has 0 aromatic heterocycles. The molecule has 1 aromatic rings. The Kier molecular flexibility index (Phi) is 4.45. The van der Waals surface area contributed by atoms with E-state index >= 15 is 0 Å². The van der Waals surface area contributed by atoms with E-state index in [1.54, 1.807) is 38.1 Å². The Labute approximate surface area is 94.7 Å². The second-order valence-corrected chi connectivity index (χ2v) is 3.28. The molecule has 0 aliphatic rings. The van der Waals surface area contributed by atoms with Crippen molar-refractivity contribution >= 4 is 11.8 Å². The molecule has 0 saturated carbocycles. The molecule has 16 heavy (non-hydrogen) atoms. The van der Waals surface area contributed by atoms with E-state index in [4.69, 9.17) is 4.74 Å². The smallest absolute Gasteiger partial charge is 0.333 e. The number of benzene rings is 1. The van der Waals surface area contributed by atoms with E-state index < -0.39 is 5.97 Å². The Bertz CT molecular complexity index is 404. The van der Waals surface area contributed by atoms with Gasteiger partial charge in [0.15, 0.2) is 5.78 Å². The minimum Gasteiger partial charge on any atom is -0.463 e. The van der Waals surface area contributed by atoms with Gasteiger partial charge in [0.05, 0.1) is 6.61 Å². The van der Waals surface area contributed by atoms with Gasteiger partial charge < -0.3 is 4.74 Å². The van der Waals surface area contributed by atoms with Gasteiger partial charge in [0.1, 0.15) is 0 Å². The lowest BCUT2D eigenvalue weighted by Crippen LogP contribution is -2.07. The molecule has 0 N–H and O–H groups in total. The van der Waals surface area contributed by atoms with Crippen LogP contribution < -0.4 is 0 Å². The summed E-state index contributed by atoms with van der Waals surface area (Å²) < 4.78 is 4.78. The Morgan fingerprint density at radius 3 is 2.44 bits per heavy atom. The Morgan fingerprint density at radius 1 is 1.25 bits per heavy atom. The second kappa shape index (κ2) is 5.85. The fourth-order valence-electron chi connectivity index (χ4n) is 1.19. The highest BCUT2D eigenvalue weighted by atomic mass is 16.5. The lowest BCUT2D eigenvalue weighted by molar-refractivity contribution is -0.138. The van der Waals surface area contributed by atoms with Crippen LogP contribution in [-0.4, -0.2) is 18.4 Å². The van der Waals surface area contributed by atoms with E-state index in [0.29, 0.717) is 17.7 Å². The van der Waals surface area contributed by atoms with Crippen LogP contribution in [-0.2, 0) is 9.53 Å². The van der Waals surface area contributed by atoms with Crippen LogP contribution in [0.15, 0.2) is 42.0 Å². The summed E-state index contributed by atoms with van der Waals surface area (Å²) in [7, 11) is 0. The third kappa shape index (κ3) is 3.35. The van der Waals surface area contributed by atoms with Gasteiger partial charge in [-0.1, -0.05) is 30.3 Å². The van der Waals surface area contributed by atoms with Crippen LogP contribution in [0.5, 0.6) is 0 Å². The number of ether oxygens (including phenoxy) is 1. The van der Waals surface area contributed by atoms with Crippen molar-refractivity contribution in [1.29, 1.82) is 0 Å². The summed E-state index contributed by atoms with van der Waals surface area (Å²) in [5.41, 5.74) is 0.877. The topological polar surface area (TPSA) is 43.4 Å². The number of carbonyl (C=O) groups excluding carboxylic acids is 2. The summed E-state index contributed by atoms with van der Waals surface area (Å²) in [6.07, 6.45) is 1.30. The quantitative estimate of drug-likeness (QED) is 0.442. The zero-order chi connectivity index (χ0) is 12.0. The van der Waals surface area contributed by atoms with Crippen molar-refractivity contribution in [3.05, 3.63) is 47.5 Å². The molecule has 0 atom stereocenters. The number of ketones is 1. The molecule has 0 heterocycles. The van der Waals surface area contributed by atoms with Crippen molar-refractivity contribution < 1.29 is 14.3 Å². The zero-order valence-corrected chi connectivity index (χ0v) is 9.40. The van der Waals surface area contributed by atoms with Crippen molar-refractivity contribution in [3.8, 4) is 0 Å². The van der Waals surface area contributed by atoms with Crippen LogP contribution in [0.4, 0.5) is 0 Å². The van der Waals surface area contributed by atoms with Crippen molar-refractivity contribution in [2.45, 2.75) is 13.8 Å². The van der Waals surface area contributed by atoms with Crippen LogP contribution >= 0.6 is 0 Å². The minimum absolute atomic E-state index is 0.189. The molecular formula is C13H14O3. The number of hydrogen-bond acceptors (Lipinski definition) is 3. The summed E-state index contributed by atoms with van der Waals surface area (Å²) in [5, 5.41) is 0. The molecule has 84 valence electrons. The van der Waals surface area contributed by atoms with Gasteiger partial charge in [0.2, 0.25) is 0 Å². The van der Waals surface area contributed by atoms with Gasteiger partial charge in [-0.05, 0) is 19.9 Å². The van der Waals surface area contributed by atoms with Crippen LogP contribution in [0.25, 0.3) is 0 Å². The Hall–Kier alpha value is -1.90. The largest absolute Gasteiger partial charge is 0.463 e. The van der Waals surface area contributed by atoms with Gasteiger partial charge in [-0.15, -0.1) is 0 Å². The van der Waals surface area contributed by atoms with Crippen molar-refractivity contribution in [2.24, 2.45) is 0 Å². The van der Waals surface area contributed by atoms with Crippen LogP contribution in [0, 0.1) is 0 Å². The molecule has 1 aromatic carbocycles. The summed E-state index contributed by atoms with van der Waals surface area (Å²) in [4.78, 5) is 22.9. The molecule has 0 aliphatic heterocycles. The molecule has 0 fully saturated rings. The third-order valence-corrected chi connectivity index (χ3v) is 2.00. The highest BCUT2D eigenvalue weighted by Gasteiger charge is 2.08. The molecule has 0 unspecified atom stereocenters. The first-order valence-corrected chi connectivity index (χ1v) is 5.10. The molecule has 0 aliphatic carbocycles. The standard InChI is InChI=1S/C13H14O3/c1-3-16-13(15)10(2)9-12(14)11-7-5-4-6-8-11/h4-9H,3H2,1-2H3/b10-9+. The highest BCUT2D eigenvalue weighted by Crippen LogP contribution is 2.04. The van der Waals surface area contributed by atoms with Crippen molar-refractivity contribution in [3.63, 3.8) is 0 Å². The number of carbonyl (C=O) groups is 2. The van der Waals surface area contributed by atoms with Crippen molar-refractivity contribution in [2.75, 3.05) is 6.61 Å². The normalized spacial score (nSPS) is 11.0. The molecule has 1 rings (SSSR count). The highest BCUT2D eigenvalue weighted by molar-refractivity contribution is 6.08. The number of rotatable bonds is 4. The first-order chi connectivity index (χ1) is 7.65. The summed E-state index contributed by atoms with van der Waals surface area (Å²) >= 11 is 0. The first kappa shape index (κ1) is 12.2. The van der Waals surface area contributed by atoms with E-state index in [1.165, 1.54) is 6.08 Å². The van der Waals surface area contributed by atoms with Gasteiger partial charge in [-0.25, -0.2) is 4.79 Å². The lowest BCUT2D eigenvalue weighted by atomic mass is 10.1. The molecule has 3 nitrogen and oxygen atoms in total. The fraction of sp³-hybridized carbons (Fsp3) is 0.231. The monoisotopic (exact) mass is 218 g/mol. The molecule has 0 spiro atoms. The van der Waals surface area contributed by atoms with E-state index in [1.807, 2.05) is 6.07 Å². The van der Waals surface area contributed by atoms with Gasteiger partial charge in [0.25, 0.3) is 0 Å². The summed E-state index contributed by atoms with van der Waals surface area (Å²) in [6, 6.07) is 8.80. The summed E-state index contributed by atoms with van der Waals surface area (Å²) in [6.45, 7) is 3.60. The maximum Gasteiger partial charge on any atom is 0.333 e. The van der Waals surface area contributed by atoms with E-state index in [0.717, 1.165) is 0 Å². The predicted molar refractivity (Wildman–Crippen MR) is 61.2 cm³/mol. The third-order valence-electron chi connectivity index (χ3n) is 2.00. The van der Waals surface area contributed by atoms with E-state index in [9.17, 15) is 9.59 Å². The second-order valence-electron chi connectivity index (χ2n) is 3.28. The van der Waals surface area contributed by atoms with Crippen LogP contribution in [0.2, 0.25) is 0 Å². The molecule has 0 radical (unpaired) electrons. The molecule has 0 amide bonds. The van der Waals surface area contributed by atoms with Crippen LogP contribution in [0.3, 0.4) is 0 Å². The number of allylic oxidation sites excluding steroid dienone is 1. The minimum atomic E-state index is -0.452. The van der Waals surface area contributed by atoms with Gasteiger partial charge in [-0.3, -0.25) is 4.79 Å². The van der Waals surface area contributed by atoms with E-state index in [-0.39, 0.29) is 5.78 Å². The Balaban J connectivity index is 2.77. The van der Waals surface area contributed by atoms with Crippen LogP contribution in [0.1, 0.15) is 24.2 Å². The van der Waals surface area contributed by atoms with E-state index in [2.05, 4.69) is 0 Å². The Morgan fingerprint density at radius 2 is 1.88 bits per heavy atom. The lowest BCUT2D eigenvalue weighted by Gasteiger charge is -2.01. The first-order valence-electron chi connectivity index (χ1n) is 5.10. The maximum atomic E-state index is 11.7. The van der Waals surface area contributed by atoms with Crippen molar-refractivity contribution in [1.82, 2.24) is 0 Å². The molecular weight excluding hydrogens is 204 g/mol.